The fraction of sp³-hybridized carbons (Fsp3) is 0.625. The van der Waals surface area contributed by atoms with Gasteiger partial charge in [-0.25, -0.2) is 4.39 Å². The van der Waals surface area contributed by atoms with Crippen LogP contribution >= 0.6 is 11.6 Å². The molecule has 1 fully saturated rings. The van der Waals surface area contributed by atoms with Crippen LogP contribution in [-0.4, -0.2) is 30.1 Å². The molecule has 0 amide bonds. The Kier molecular flexibility index (Phi) is 5.82. The summed E-state index contributed by atoms with van der Waals surface area (Å²) in [4.78, 5) is 2.39. The third-order valence-electron chi connectivity index (χ3n) is 3.97. The number of nitrogens with one attached hydrogen (secondary N) is 1. The Bertz CT molecular complexity index is 430. The molecule has 1 aromatic rings. The van der Waals surface area contributed by atoms with E-state index in [1.807, 2.05) is 6.07 Å². The van der Waals surface area contributed by atoms with Gasteiger partial charge in [-0.05, 0) is 50.9 Å². The summed E-state index contributed by atoms with van der Waals surface area (Å²) in [5.41, 5.74) is 0.983. The molecule has 1 aliphatic heterocycles. The number of rotatable bonds is 5. The average molecular weight is 299 g/mol. The lowest BCUT2D eigenvalue weighted by atomic mass is 10.0. The molecule has 4 heteroatoms. The van der Waals surface area contributed by atoms with Crippen molar-refractivity contribution in [3.05, 3.63) is 34.6 Å². The highest BCUT2D eigenvalue weighted by Crippen LogP contribution is 2.18. The summed E-state index contributed by atoms with van der Waals surface area (Å²) in [5.74, 6) is -0.330. The van der Waals surface area contributed by atoms with Crippen LogP contribution in [-0.2, 0) is 6.54 Å². The molecule has 2 rings (SSSR count). The van der Waals surface area contributed by atoms with E-state index in [0.29, 0.717) is 12.1 Å². The minimum Gasteiger partial charge on any atom is -0.313 e. The highest BCUT2D eigenvalue weighted by Gasteiger charge is 2.19. The first-order valence-electron chi connectivity index (χ1n) is 7.47. The van der Waals surface area contributed by atoms with Gasteiger partial charge in [-0.3, -0.25) is 4.90 Å². The van der Waals surface area contributed by atoms with Gasteiger partial charge in [-0.2, -0.15) is 0 Å². The van der Waals surface area contributed by atoms with Gasteiger partial charge in [0.25, 0.3) is 0 Å². The molecule has 0 aliphatic carbocycles. The lowest BCUT2D eigenvalue weighted by Gasteiger charge is -2.33. The van der Waals surface area contributed by atoms with Crippen molar-refractivity contribution in [2.45, 2.75) is 51.7 Å². The minimum atomic E-state index is -0.330. The quantitative estimate of drug-likeness (QED) is 0.889. The van der Waals surface area contributed by atoms with Gasteiger partial charge in [0.1, 0.15) is 5.82 Å². The monoisotopic (exact) mass is 298 g/mol. The van der Waals surface area contributed by atoms with Gasteiger partial charge in [0.2, 0.25) is 0 Å². The molecule has 2 nitrogen and oxygen atoms in total. The zero-order valence-electron chi connectivity index (χ0n) is 12.3. The number of benzene rings is 1. The molecule has 0 aromatic heterocycles. The first-order valence-corrected chi connectivity index (χ1v) is 7.85. The maximum absolute atomic E-state index is 13.5. The van der Waals surface area contributed by atoms with E-state index in [-0.39, 0.29) is 10.8 Å². The molecule has 20 heavy (non-hydrogen) atoms. The topological polar surface area (TPSA) is 15.3 Å². The van der Waals surface area contributed by atoms with E-state index in [0.717, 1.165) is 25.2 Å². The summed E-state index contributed by atoms with van der Waals surface area (Å²) >= 11 is 5.74. The lowest BCUT2D eigenvalue weighted by molar-refractivity contribution is 0.177. The van der Waals surface area contributed by atoms with Gasteiger partial charge in [-0.1, -0.05) is 24.1 Å². The Balaban J connectivity index is 1.99. The Hall–Kier alpha value is -0.640. The second kappa shape index (κ2) is 7.39. The highest BCUT2D eigenvalue weighted by atomic mass is 35.5. The van der Waals surface area contributed by atoms with E-state index in [2.05, 4.69) is 24.1 Å². The molecule has 1 unspecified atom stereocenters. The van der Waals surface area contributed by atoms with Crippen molar-refractivity contribution < 1.29 is 4.39 Å². The Morgan fingerprint density at radius 3 is 2.80 bits per heavy atom. The predicted molar refractivity (Wildman–Crippen MR) is 82.6 cm³/mol. The van der Waals surface area contributed by atoms with Gasteiger partial charge in [0.15, 0.2) is 0 Å². The first kappa shape index (κ1) is 15.7. The molecule has 0 radical (unpaired) electrons. The average Bonchev–Trinajstić information content (AvgIpc) is 2.43. The predicted octanol–water partition coefficient (Wildman–Crippen LogP) is 3.83. The van der Waals surface area contributed by atoms with E-state index in [4.69, 9.17) is 11.6 Å². The second-order valence-corrected chi connectivity index (χ2v) is 6.33. The van der Waals surface area contributed by atoms with Crippen molar-refractivity contribution in [1.29, 1.82) is 0 Å². The van der Waals surface area contributed by atoms with Crippen molar-refractivity contribution in [2.24, 2.45) is 0 Å². The van der Waals surface area contributed by atoms with Crippen molar-refractivity contribution in [3.8, 4) is 0 Å². The third kappa shape index (κ3) is 4.44. The van der Waals surface area contributed by atoms with Gasteiger partial charge < -0.3 is 5.32 Å². The van der Waals surface area contributed by atoms with Crippen LogP contribution in [0.3, 0.4) is 0 Å². The fourth-order valence-corrected chi connectivity index (χ4v) is 2.81. The van der Waals surface area contributed by atoms with Crippen LogP contribution in [0.2, 0.25) is 5.02 Å². The minimum absolute atomic E-state index is 0.193. The SMILES string of the molecule is CC(C)N(Cc1ccc(Cl)c(F)c1)CC1CCCCN1. The van der Waals surface area contributed by atoms with Crippen LogP contribution in [0.1, 0.15) is 38.7 Å². The third-order valence-corrected chi connectivity index (χ3v) is 4.27. The first-order chi connectivity index (χ1) is 9.56. The zero-order valence-corrected chi connectivity index (χ0v) is 13.1. The number of hydrogen-bond donors (Lipinski definition) is 1. The molecule has 112 valence electrons. The van der Waals surface area contributed by atoms with Crippen LogP contribution in [0.15, 0.2) is 18.2 Å². The largest absolute Gasteiger partial charge is 0.313 e. The molecule has 1 N–H and O–H groups in total. The summed E-state index contributed by atoms with van der Waals surface area (Å²) in [6.07, 6.45) is 3.82. The highest BCUT2D eigenvalue weighted by molar-refractivity contribution is 6.30. The number of hydrogen-bond acceptors (Lipinski definition) is 2. The van der Waals surface area contributed by atoms with E-state index in [1.54, 1.807) is 12.1 Å². The Morgan fingerprint density at radius 2 is 2.20 bits per heavy atom. The van der Waals surface area contributed by atoms with Crippen LogP contribution in [0.25, 0.3) is 0 Å². The number of piperidine rings is 1. The molecule has 1 saturated heterocycles. The van der Waals surface area contributed by atoms with E-state index < -0.39 is 0 Å². The maximum atomic E-state index is 13.5. The van der Waals surface area contributed by atoms with Crippen molar-refractivity contribution in [2.75, 3.05) is 13.1 Å². The summed E-state index contributed by atoms with van der Waals surface area (Å²) < 4.78 is 13.5. The number of nitrogens with zero attached hydrogens (tertiary/aromatic N) is 1. The molecular weight excluding hydrogens is 275 g/mol. The van der Waals surface area contributed by atoms with E-state index in [1.165, 1.54) is 19.3 Å². The summed E-state index contributed by atoms with van der Waals surface area (Å²) in [5, 5.41) is 3.77. The fourth-order valence-electron chi connectivity index (χ4n) is 2.69. The van der Waals surface area contributed by atoms with Crippen molar-refractivity contribution >= 4 is 11.6 Å². The van der Waals surface area contributed by atoms with Crippen LogP contribution < -0.4 is 5.32 Å². The van der Waals surface area contributed by atoms with Gasteiger partial charge >= 0.3 is 0 Å². The second-order valence-electron chi connectivity index (χ2n) is 5.92. The molecule has 1 atom stereocenters. The lowest BCUT2D eigenvalue weighted by Crippen LogP contribution is -2.45. The molecule has 1 aromatic carbocycles. The summed E-state index contributed by atoms with van der Waals surface area (Å²) in [7, 11) is 0. The Morgan fingerprint density at radius 1 is 1.40 bits per heavy atom. The molecular formula is C16H24ClFN2. The number of halogens is 2. The molecule has 0 bridgehead atoms. The Labute approximate surface area is 126 Å². The van der Waals surface area contributed by atoms with Crippen LogP contribution in [0.4, 0.5) is 4.39 Å². The molecule has 1 aliphatic rings. The van der Waals surface area contributed by atoms with E-state index >= 15 is 0 Å². The zero-order chi connectivity index (χ0) is 14.5. The van der Waals surface area contributed by atoms with Crippen molar-refractivity contribution in [3.63, 3.8) is 0 Å². The normalized spacial score (nSPS) is 19.8. The molecule has 0 spiro atoms. The van der Waals surface area contributed by atoms with Crippen molar-refractivity contribution in [1.82, 2.24) is 10.2 Å². The van der Waals surface area contributed by atoms with Gasteiger partial charge in [0, 0.05) is 25.2 Å². The standard InChI is InChI=1S/C16H24ClFN2/c1-12(2)20(11-14-5-3-4-8-19-14)10-13-6-7-15(17)16(18)9-13/h6-7,9,12,14,19H,3-5,8,10-11H2,1-2H3. The smallest absolute Gasteiger partial charge is 0.142 e. The molecule has 1 heterocycles. The molecule has 0 saturated carbocycles. The van der Waals surface area contributed by atoms with E-state index in [9.17, 15) is 4.39 Å². The van der Waals surface area contributed by atoms with Crippen LogP contribution in [0.5, 0.6) is 0 Å². The summed E-state index contributed by atoms with van der Waals surface area (Å²) in [6, 6.07) is 6.10. The summed E-state index contributed by atoms with van der Waals surface area (Å²) in [6.45, 7) is 7.28. The van der Waals surface area contributed by atoms with Crippen LogP contribution in [0, 0.1) is 5.82 Å². The van der Waals surface area contributed by atoms with Gasteiger partial charge in [-0.15, -0.1) is 0 Å². The maximum Gasteiger partial charge on any atom is 0.142 e. The van der Waals surface area contributed by atoms with Gasteiger partial charge in [0.05, 0.1) is 5.02 Å².